The molecule has 0 aromatic carbocycles. The molecule has 2 saturated heterocycles. The number of carbonyl (C=O) groups is 1. The van der Waals surface area contributed by atoms with Gasteiger partial charge in [0, 0.05) is 37.3 Å². The molecule has 2 aromatic rings. The van der Waals surface area contributed by atoms with E-state index in [1.807, 2.05) is 33.7 Å². The van der Waals surface area contributed by atoms with Gasteiger partial charge in [-0.05, 0) is 37.0 Å². The Kier molecular flexibility index (Phi) is 3.72. The monoisotopic (exact) mass is 354 g/mol. The number of piperidine rings is 1. The second-order valence-corrected chi connectivity index (χ2v) is 7.59. The average Bonchev–Trinajstić information content (AvgIpc) is 3.33. The first-order valence-corrected chi connectivity index (χ1v) is 9.22. The molecule has 0 spiro atoms. The molecule has 3 aliphatic heterocycles. The normalized spacial score (nSPS) is 30.2. The van der Waals surface area contributed by atoms with Crippen LogP contribution in [0.3, 0.4) is 0 Å². The molecule has 0 aliphatic carbocycles. The van der Waals surface area contributed by atoms with Crippen molar-refractivity contribution in [3.05, 3.63) is 58.4 Å². The topological polar surface area (TPSA) is 79.5 Å². The summed E-state index contributed by atoms with van der Waals surface area (Å²) in [6.45, 7) is 2.11. The quantitative estimate of drug-likeness (QED) is 0.841. The van der Waals surface area contributed by atoms with Crippen LogP contribution in [0.25, 0.3) is 0 Å². The number of fused-ring (bicyclic) bond motifs is 4. The lowest BCUT2D eigenvalue weighted by Gasteiger charge is -2.43. The second kappa shape index (κ2) is 6.10. The van der Waals surface area contributed by atoms with Gasteiger partial charge in [-0.25, -0.2) is 10.9 Å². The molecule has 7 nitrogen and oxygen atoms in total. The van der Waals surface area contributed by atoms with Gasteiger partial charge in [0.05, 0.1) is 12.3 Å². The van der Waals surface area contributed by atoms with Crippen molar-refractivity contribution < 1.29 is 9.21 Å². The zero-order chi connectivity index (χ0) is 17.7. The van der Waals surface area contributed by atoms with E-state index in [1.54, 1.807) is 12.3 Å². The molecule has 7 heteroatoms. The Balaban J connectivity index is 1.32. The van der Waals surface area contributed by atoms with Crippen molar-refractivity contribution in [3.8, 4) is 0 Å². The molecule has 1 amide bonds. The predicted molar refractivity (Wildman–Crippen MR) is 94.3 cm³/mol. The van der Waals surface area contributed by atoms with Crippen LogP contribution in [0, 0.1) is 5.92 Å². The van der Waals surface area contributed by atoms with E-state index in [0.717, 1.165) is 24.4 Å². The number of aromatic nitrogens is 1. The summed E-state index contributed by atoms with van der Waals surface area (Å²) in [5.74, 6) is 1.57. The van der Waals surface area contributed by atoms with Crippen LogP contribution in [0.1, 0.15) is 36.3 Å². The highest BCUT2D eigenvalue weighted by Crippen LogP contribution is 2.35. The van der Waals surface area contributed by atoms with Crippen molar-refractivity contribution in [1.82, 2.24) is 20.3 Å². The minimum atomic E-state index is -0.248. The van der Waals surface area contributed by atoms with Crippen molar-refractivity contribution in [3.63, 3.8) is 0 Å². The van der Waals surface area contributed by atoms with E-state index in [-0.39, 0.29) is 29.5 Å². The number of rotatable bonds is 2. The number of carbonyl (C=O) groups excluding carboxylic acids is 1. The lowest BCUT2D eigenvalue weighted by molar-refractivity contribution is -0.136. The van der Waals surface area contributed by atoms with Crippen LogP contribution in [-0.4, -0.2) is 34.5 Å². The Morgan fingerprint density at radius 2 is 2.00 bits per heavy atom. The molecule has 2 fully saturated rings. The zero-order valence-electron chi connectivity index (χ0n) is 14.4. The molecule has 136 valence electrons. The van der Waals surface area contributed by atoms with E-state index in [2.05, 4.69) is 10.9 Å². The standard InChI is InChI=1S/C19H22N4O3/c24-18-5-1-3-16-13-7-12(10-23(16)18)9-22(11-13)19(25)15-8-14(20-21-15)17-4-2-6-26-17/h1-6,12-15,20-21H,7-11H2. The summed E-state index contributed by atoms with van der Waals surface area (Å²) in [5.41, 5.74) is 7.43. The molecule has 5 heterocycles. The fraction of sp³-hybridized carbons (Fsp3) is 0.474. The summed E-state index contributed by atoms with van der Waals surface area (Å²) >= 11 is 0. The fourth-order valence-electron chi connectivity index (χ4n) is 4.69. The number of hydrazine groups is 1. The first kappa shape index (κ1) is 15.8. The zero-order valence-corrected chi connectivity index (χ0v) is 14.4. The third-order valence-electron chi connectivity index (χ3n) is 5.88. The van der Waals surface area contributed by atoms with Crippen molar-refractivity contribution in [1.29, 1.82) is 0 Å². The van der Waals surface area contributed by atoms with Gasteiger partial charge in [0.2, 0.25) is 5.91 Å². The van der Waals surface area contributed by atoms with Gasteiger partial charge in [-0.3, -0.25) is 9.59 Å². The summed E-state index contributed by atoms with van der Waals surface area (Å²) in [6, 6.07) is 9.02. The number of nitrogens with zero attached hydrogens (tertiary/aromatic N) is 2. The maximum absolute atomic E-state index is 13.0. The highest BCUT2D eigenvalue weighted by atomic mass is 16.3. The van der Waals surface area contributed by atoms with E-state index in [1.165, 1.54) is 0 Å². The Hall–Kier alpha value is -2.38. The lowest BCUT2D eigenvalue weighted by Crippen LogP contribution is -2.53. The van der Waals surface area contributed by atoms with Crippen molar-refractivity contribution in [2.45, 2.75) is 37.4 Å². The van der Waals surface area contributed by atoms with E-state index in [9.17, 15) is 9.59 Å². The maximum Gasteiger partial charge on any atom is 0.250 e. The van der Waals surface area contributed by atoms with Crippen molar-refractivity contribution >= 4 is 5.91 Å². The van der Waals surface area contributed by atoms with Gasteiger partial charge in [0.15, 0.2) is 0 Å². The smallest absolute Gasteiger partial charge is 0.250 e. The molecule has 2 bridgehead atoms. The number of furan rings is 1. The number of pyridine rings is 1. The Bertz CT molecular complexity index is 875. The number of hydrogen-bond acceptors (Lipinski definition) is 5. The Labute approximate surface area is 150 Å². The van der Waals surface area contributed by atoms with Crippen LogP contribution in [0.2, 0.25) is 0 Å². The number of amides is 1. The third-order valence-corrected chi connectivity index (χ3v) is 5.88. The third kappa shape index (κ3) is 2.59. The fourth-order valence-corrected chi connectivity index (χ4v) is 4.69. The van der Waals surface area contributed by atoms with Gasteiger partial charge < -0.3 is 13.9 Å². The maximum atomic E-state index is 13.0. The van der Waals surface area contributed by atoms with Gasteiger partial charge in [-0.15, -0.1) is 0 Å². The van der Waals surface area contributed by atoms with E-state index in [4.69, 9.17) is 4.42 Å². The van der Waals surface area contributed by atoms with Gasteiger partial charge in [0.1, 0.15) is 11.8 Å². The summed E-state index contributed by atoms with van der Waals surface area (Å²) in [6.07, 6.45) is 3.38. The minimum Gasteiger partial charge on any atom is -0.468 e. The number of nitrogens with one attached hydrogen (secondary N) is 2. The summed E-state index contributed by atoms with van der Waals surface area (Å²) in [4.78, 5) is 27.1. The molecular formula is C19H22N4O3. The summed E-state index contributed by atoms with van der Waals surface area (Å²) in [5, 5.41) is 0. The summed E-state index contributed by atoms with van der Waals surface area (Å²) in [7, 11) is 0. The molecule has 2 N–H and O–H groups in total. The molecule has 3 aliphatic rings. The molecule has 4 unspecified atom stereocenters. The second-order valence-electron chi connectivity index (χ2n) is 7.59. The number of hydrogen-bond donors (Lipinski definition) is 2. The highest BCUT2D eigenvalue weighted by Gasteiger charge is 2.40. The van der Waals surface area contributed by atoms with E-state index >= 15 is 0 Å². The molecule has 5 rings (SSSR count). The van der Waals surface area contributed by atoms with Crippen LogP contribution in [0.15, 0.2) is 45.8 Å². The summed E-state index contributed by atoms with van der Waals surface area (Å²) < 4.78 is 7.33. The van der Waals surface area contributed by atoms with E-state index < -0.39 is 0 Å². The molecule has 0 radical (unpaired) electrons. The minimum absolute atomic E-state index is 0.0162. The first-order chi connectivity index (χ1) is 12.7. The Morgan fingerprint density at radius 3 is 2.85 bits per heavy atom. The molecular weight excluding hydrogens is 332 g/mol. The van der Waals surface area contributed by atoms with Gasteiger partial charge >= 0.3 is 0 Å². The molecule has 0 saturated carbocycles. The van der Waals surface area contributed by atoms with Gasteiger partial charge in [-0.1, -0.05) is 6.07 Å². The first-order valence-electron chi connectivity index (χ1n) is 9.22. The SMILES string of the molecule is O=C(C1CC(c2ccco2)NN1)N1CC2CC(C1)c1cccc(=O)n1C2. The Morgan fingerprint density at radius 1 is 1.08 bits per heavy atom. The van der Waals surface area contributed by atoms with Crippen molar-refractivity contribution in [2.75, 3.05) is 13.1 Å². The van der Waals surface area contributed by atoms with E-state index in [0.29, 0.717) is 25.4 Å². The molecule has 4 atom stereocenters. The van der Waals surface area contributed by atoms with Crippen LogP contribution >= 0.6 is 0 Å². The highest BCUT2D eigenvalue weighted by molar-refractivity contribution is 5.82. The van der Waals surface area contributed by atoms with Crippen LogP contribution in [0.4, 0.5) is 0 Å². The largest absolute Gasteiger partial charge is 0.468 e. The van der Waals surface area contributed by atoms with Crippen LogP contribution in [-0.2, 0) is 11.3 Å². The van der Waals surface area contributed by atoms with Crippen LogP contribution < -0.4 is 16.4 Å². The van der Waals surface area contributed by atoms with Crippen LogP contribution in [0.5, 0.6) is 0 Å². The van der Waals surface area contributed by atoms with Gasteiger partial charge in [0.25, 0.3) is 5.56 Å². The van der Waals surface area contributed by atoms with Gasteiger partial charge in [-0.2, -0.15) is 0 Å². The number of likely N-dealkylation sites (tertiary alicyclic amines) is 1. The van der Waals surface area contributed by atoms with Crippen molar-refractivity contribution in [2.24, 2.45) is 5.92 Å². The average molecular weight is 354 g/mol. The molecule has 2 aromatic heterocycles. The predicted octanol–water partition coefficient (Wildman–Crippen LogP) is 0.995. The molecule has 26 heavy (non-hydrogen) atoms. The lowest BCUT2D eigenvalue weighted by atomic mass is 9.83.